The molecule has 3 aromatic rings. The number of carbonyl (C=O) groups excluding carboxylic acids is 5. The number of nitrogens with one attached hydrogen (secondary N) is 1. The fraction of sp³-hybridized carbons (Fsp3) is 0.303. The van der Waals surface area contributed by atoms with Gasteiger partial charge in [-0.15, -0.1) is 0 Å². The molecule has 10 nitrogen and oxygen atoms in total. The first-order chi connectivity index (χ1) is 20.7. The Hall–Kier alpha value is -4.83. The zero-order valence-electron chi connectivity index (χ0n) is 23.9. The van der Waals surface area contributed by atoms with Gasteiger partial charge in [0.1, 0.15) is 11.5 Å². The van der Waals surface area contributed by atoms with Gasteiger partial charge in [-0.1, -0.05) is 13.8 Å². The number of imide groups is 2. The van der Waals surface area contributed by atoms with Crippen LogP contribution in [0.3, 0.4) is 0 Å². The molecule has 0 radical (unpaired) electrons. The van der Waals surface area contributed by atoms with Gasteiger partial charge in [-0.05, 0) is 85.8 Å². The first kappa shape index (κ1) is 28.3. The van der Waals surface area contributed by atoms with Gasteiger partial charge in [0.15, 0.2) is 0 Å². The summed E-state index contributed by atoms with van der Waals surface area (Å²) < 4.78 is 11.5. The third-order valence-corrected chi connectivity index (χ3v) is 7.86. The maximum atomic E-state index is 13.0. The van der Waals surface area contributed by atoms with Crippen molar-refractivity contribution in [2.24, 2.45) is 5.92 Å². The van der Waals surface area contributed by atoms with Gasteiger partial charge < -0.3 is 14.8 Å². The lowest BCUT2D eigenvalue weighted by Crippen LogP contribution is -2.36. The molecule has 43 heavy (non-hydrogen) atoms. The van der Waals surface area contributed by atoms with E-state index in [0.717, 1.165) is 12.8 Å². The molecule has 1 saturated heterocycles. The minimum Gasteiger partial charge on any atom is -0.457 e. The molecule has 0 saturated carbocycles. The van der Waals surface area contributed by atoms with Crippen molar-refractivity contribution >= 4 is 35.2 Å². The zero-order chi connectivity index (χ0) is 30.2. The summed E-state index contributed by atoms with van der Waals surface area (Å²) in [5, 5.41) is 2.79. The highest BCUT2D eigenvalue weighted by atomic mass is 16.5. The minimum absolute atomic E-state index is 0.128. The fourth-order valence-corrected chi connectivity index (χ4v) is 5.46. The summed E-state index contributed by atoms with van der Waals surface area (Å²) in [6.45, 7) is 5.28. The van der Waals surface area contributed by atoms with Crippen molar-refractivity contribution in [2.75, 3.05) is 25.0 Å². The normalized spacial score (nSPS) is 17.6. The number of fused-ring (bicyclic) bond motifs is 2. The molecule has 220 valence electrons. The molecule has 10 heteroatoms. The lowest BCUT2D eigenvalue weighted by Gasteiger charge is -2.17. The number of nitrogens with zero attached hydrogens (tertiary/aromatic N) is 2. The second-order valence-electron chi connectivity index (χ2n) is 11.3. The van der Waals surface area contributed by atoms with Crippen molar-refractivity contribution in [3.05, 3.63) is 88.5 Å². The highest BCUT2D eigenvalue weighted by molar-refractivity contribution is 6.22. The topological polar surface area (TPSA) is 122 Å². The Morgan fingerprint density at radius 2 is 1.47 bits per heavy atom. The van der Waals surface area contributed by atoms with Crippen LogP contribution in [-0.4, -0.2) is 65.1 Å². The van der Waals surface area contributed by atoms with Gasteiger partial charge in [0.25, 0.3) is 29.5 Å². The van der Waals surface area contributed by atoms with E-state index in [0.29, 0.717) is 59.4 Å². The Morgan fingerprint density at radius 1 is 0.837 bits per heavy atom. The van der Waals surface area contributed by atoms with E-state index in [1.807, 2.05) is 13.8 Å². The van der Waals surface area contributed by atoms with Gasteiger partial charge >= 0.3 is 0 Å². The Bertz CT molecular complexity index is 1640. The molecule has 6 rings (SSSR count). The van der Waals surface area contributed by atoms with Crippen LogP contribution in [0.4, 0.5) is 5.69 Å². The molecule has 0 aromatic heterocycles. The first-order valence-corrected chi connectivity index (χ1v) is 14.4. The molecule has 5 amide bonds. The highest BCUT2D eigenvalue weighted by Crippen LogP contribution is 2.31. The lowest BCUT2D eigenvalue weighted by molar-refractivity contribution is 0.0474. The van der Waals surface area contributed by atoms with E-state index >= 15 is 0 Å². The van der Waals surface area contributed by atoms with Crippen molar-refractivity contribution < 1.29 is 33.4 Å². The SMILES string of the molecule is CC(C)CCN1C(=O)c2ccc(C(=O)Nc3ccc(Oc4ccc5c(c4)C(=O)N(CC4CCCO4)C5=O)cc3)cc2C1=O. The maximum absolute atomic E-state index is 13.0. The molecule has 3 aromatic carbocycles. The summed E-state index contributed by atoms with van der Waals surface area (Å²) in [5.41, 5.74) is 1.93. The average Bonchev–Trinajstić information content (AvgIpc) is 3.66. The van der Waals surface area contributed by atoms with Crippen LogP contribution >= 0.6 is 0 Å². The largest absolute Gasteiger partial charge is 0.457 e. The van der Waals surface area contributed by atoms with Gasteiger partial charge in [-0.25, -0.2) is 0 Å². The summed E-state index contributed by atoms with van der Waals surface area (Å²) in [7, 11) is 0. The molecular weight excluding hydrogens is 550 g/mol. The standard InChI is InChI=1S/C33H31N3O7/c1-19(2)13-14-35-30(38)25-11-5-20(16-27(25)32(35)40)29(37)34-21-6-8-22(9-7-21)43-23-10-12-26-28(17-23)33(41)36(31(26)39)18-24-4-3-15-42-24/h5-12,16-17,19,24H,3-4,13-15,18H2,1-2H3,(H,34,37). The van der Waals surface area contributed by atoms with Gasteiger partial charge in [0.2, 0.25) is 0 Å². The predicted octanol–water partition coefficient (Wildman–Crippen LogP) is 5.15. The number of carbonyl (C=O) groups is 5. The molecule has 1 fully saturated rings. The second kappa shape index (κ2) is 11.4. The van der Waals surface area contributed by atoms with Crippen LogP contribution in [0.5, 0.6) is 11.5 Å². The van der Waals surface area contributed by atoms with Crippen LogP contribution < -0.4 is 10.1 Å². The van der Waals surface area contributed by atoms with Crippen LogP contribution in [0, 0.1) is 5.92 Å². The van der Waals surface area contributed by atoms with Gasteiger partial charge in [0.05, 0.1) is 34.9 Å². The van der Waals surface area contributed by atoms with Crippen molar-refractivity contribution in [1.29, 1.82) is 0 Å². The number of hydrogen-bond donors (Lipinski definition) is 1. The molecule has 0 spiro atoms. The lowest BCUT2D eigenvalue weighted by atomic mass is 10.1. The molecule has 3 aliphatic rings. The van der Waals surface area contributed by atoms with Crippen LogP contribution in [0.1, 0.15) is 84.9 Å². The van der Waals surface area contributed by atoms with Crippen LogP contribution in [-0.2, 0) is 4.74 Å². The number of rotatable bonds is 9. The molecule has 0 aliphatic carbocycles. The summed E-state index contributed by atoms with van der Waals surface area (Å²) >= 11 is 0. The van der Waals surface area contributed by atoms with Gasteiger partial charge in [-0.3, -0.25) is 33.8 Å². The Morgan fingerprint density at radius 3 is 2.16 bits per heavy atom. The van der Waals surface area contributed by atoms with E-state index in [1.165, 1.54) is 28.0 Å². The number of anilines is 1. The number of ether oxygens (including phenoxy) is 2. The van der Waals surface area contributed by atoms with E-state index in [2.05, 4.69) is 5.32 Å². The van der Waals surface area contributed by atoms with Crippen molar-refractivity contribution in [3.8, 4) is 11.5 Å². The van der Waals surface area contributed by atoms with E-state index in [4.69, 9.17) is 9.47 Å². The average molecular weight is 582 g/mol. The maximum Gasteiger partial charge on any atom is 0.261 e. The number of hydrogen-bond acceptors (Lipinski definition) is 7. The Labute approximate surface area is 248 Å². The summed E-state index contributed by atoms with van der Waals surface area (Å²) in [5.74, 6) is -0.622. The molecule has 1 N–H and O–H groups in total. The summed E-state index contributed by atoms with van der Waals surface area (Å²) in [4.78, 5) is 66.7. The monoisotopic (exact) mass is 581 g/mol. The zero-order valence-corrected chi connectivity index (χ0v) is 23.9. The Kier molecular flexibility index (Phi) is 7.53. The van der Waals surface area contributed by atoms with E-state index in [-0.39, 0.29) is 47.4 Å². The minimum atomic E-state index is -0.424. The van der Waals surface area contributed by atoms with Crippen LogP contribution in [0.15, 0.2) is 60.7 Å². The highest BCUT2D eigenvalue weighted by Gasteiger charge is 2.38. The summed E-state index contributed by atoms with van der Waals surface area (Å²) in [6.07, 6.45) is 2.32. The first-order valence-electron chi connectivity index (χ1n) is 14.4. The van der Waals surface area contributed by atoms with E-state index in [9.17, 15) is 24.0 Å². The number of amides is 5. The molecule has 3 heterocycles. The molecule has 3 aliphatic heterocycles. The van der Waals surface area contributed by atoms with Crippen molar-refractivity contribution in [2.45, 2.75) is 39.2 Å². The van der Waals surface area contributed by atoms with Crippen LogP contribution in [0.25, 0.3) is 0 Å². The van der Waals surface area contributed by atoms with E-state index in [1.54, 1.807) is 42.5 Å². The quantitative estimate of drug-likeness (QED) is 0.347. The van der Waals surface area contributed by atoms with Gasteiger partial charge in [0, 0.05) is 24.4 Å². The second-order valence-corrected chi connectivity index (χ2v) is 11.3. The molecular formula is C33H31N3O7. The number of benzene rings is 3. The molecule has 1 unspecified atom stereocenters. The van der Waals surface area contributed by atoms with E-state index < -0.39 is 5.91 Å². The van der Waals surface area contributed by atoms with Gasteiger partial charge in [-0.2, -0.15) is 0 Å². The summed E-state index contributed by atoms with van der Waals surface area (Å²) in [6, 6.07) is 15.9. The van der Waals surface area contributed by atoms with Crippen molar-refractivity contribution in [3.63, 3.8) is 0 Å². The van der Waals surface area contributed by atoms with Crippen LogP contribution in [0.2, 0.25) is 0 Å². The Balaban J connectivity index is 1.09. The third kappa shape index (κ3) is 5.53. The third-order valence-electron chi connectivity index (χ3n) is 7.86. The molecule has 0 bridgehead atoms. The fourth-order valence-electron chi connectivity index (χ4n) is 5.46. The predicted molar refractivity (Wildman–Crippen MR) is 157 cm³/mol. The smallest absolute Gasteiger partial charge is 0.261 e. The molecule has 1 atom stereocenters. The van der Waals surface area contributed by atoms with Crippen molar-refractivity contribution in [1.82, 2.24) is 9.80 Å².